The highest BCUT2D eigenvalue weighted by molar-refractivity contribution is 5.86. The Morgan fingerprint density at radius 2 is 1.68 bits per heavy atom. The second kappa shape index (κ2) is 8.51. The van der Waals surface area contributed by atoms with Crippen LogP contribution in [0.1, 0.15) is 45.1 Å². The predicted molar refractivity (Wildman–Crippen MR) is 95.5 cm³/mol. The van der Waals surface area contributed by atoms with Crippen molar-refractivity contribution in [2.24, 2.45) is 0 Å². The normalized spacial score (nSPS) is 13.1. The molecule has 0 aromatic heterocycles. The molecule has 0 aliphatic rings. The maximum Gasteiger partial charge on any atom is 0.316 e. The molecule has 5 nitrogen and oxygen atoms in total. The minimum absolute atomic E-state index is 0.311. The highest BCUT2D eigenvalue weighted by Gasteiger charge is 2.21. The Morgan fingerprint density at radius 1 is 1.00 bits per heavy atom. The molecule has 0 spiro atoms. The minimum Gasteiger partial charge on any atom is -0.497 e. The van der Waals surface area contributed by atoms with E-state index in [4.69, 9.17) is 14.2 Å². The van der Waals surface area contributed by atoms with Gasteiger partial charge in [0.2, 0.25) is 6.29 Å². The molecule has 2 unspecified atom stereocenters. The van der Waals surface area contributed by atoms with Crippen LogP contribution in [0, 0.1) is 0 Å². The molecule has 2 atom stereocenters. The molecule has 0 heterocycles. The number of ether oxygens (including phenoxy) is 3. The first-order valence-electron chi connectivity index (χ1n) is 8.42. The van der Waals surface area contributed by atoms with Crippen molar-refractivity contribution < 1.29 is 23.8 Å². The molecule has 0 saturated heterocycles. The zero-order chi connectivity index (χ0) is 18.4. The van der Waals surface area contributed by atoms with Crippen LogP contribution in [-0.2, 0) is 19.1 Å². The average molecular weight is 344 g/mol. The third-order valence-electron chi connectivity index (χ3n) is 3.96. The molecule has 0 N–H and O–H groups in total. The third-order valence-corrected chi connectivity index (χ3v) is 3.96. The van der Waals surface area contributed by atoms with Crippen molar-refractivity contribution in [1.82, 2.24) is 0 Å². The van der Waals surface area contributed by atoms with Gasteiger partial charge in [0.15, 0.2) is 0 Å². The van der Waals surface area contributed by atoms with Gasteiger partial charge < -0.3 is 14.2 Å². The van der Waals surface area contributed by atoms with E-state index in [1.54, 1.807) is 21.0 Å². The second-order valence-corrected chi connectivity index (χ2v) is 5.94. The standard InChI is InChI=1S/C20H24O5/c1-5-6-19(21)24-14(3)25-20(22)13(2)15-7-8-17-12-18(23-4)10-9-16(17)11-15/h7-14H,5-6H2,1-4H3. The number of rotatable bonds is 7. The summed E-state index contributed by atoms with van der Waals surface area (Å²) in [7, 11) is 1.63. The van der Waals surface area contributed by atoms with Gasteiger partial charge in [0.1, 0.15) is 5.75 Å². The number of carbonyl (C=O) groups is 2. The van der Waals surface area contributed by atoms with Crippen LogP contribution in [0.4, 0.5) is 0 Å². The summed E-state index contributed by atoms with van der Waals surface area (Å²) in [4.78, 5) is 23.7. The lowest BCUT2D eigenvalue weighted by Gasteiger charge is -2.17. The lowest BCUT2D eigenvalue weighted by molar-refractivity contribution is -0.185. The predicted octanol–water partition coefficient (Wildman–Crippen LogP) is 4.18. The van der Waals surface area contributed by atoms with E-state index in [1.165, 1.54) is 0 Å². The monoisotopic (exact) mass is 344 g/mol. The van der Waals surface area contributed by atoms with E-state index in [0.717, 1.165) is 22.1 Å². The molecular formula is C20H24O5. The van der Waals surface area contributed by atoms with Gasteiger partial charge in [-0.25, -0.2) is 0 Å². The van der Waals surface area contributed by atoms with E-state index in [1.807, 2.05) is 43.3 Å². The maximum absolute atomic E-state index is 12.3. The molecule has 0 fully saturated rings. The zero-order valence-corrected chi connectivity index (χ0v) is 15.1. The van der Waals surface area contributed by atoms with Gasteiger partial charge in [-0.05, 0) is 41.8 Å². The number of hydrogen-bond acceptors (Lipinski definition) is 5. The first kappa shape index (κ1) is 18.8. The average Bonchev–Trinajstić information content (AvgIpc) is 2.60. The number of hydrogen-bond donors (Lipinski definition) is 0. The number of esters is 2. The highest BCUT2D eigenvalue weighted by atomic mass is 16.7. The quantitative estimate of drug-likeness (QED) is 0.557. The third kappa shape index (κ3) is 4.95. The van der Waals surface area contributed by atoms with Gasteiger partial charge in [-0.2, -0.15) is 0 Å². The van der Waals surface area contributed by atoms with E-state index in [9.17, 15) is 9.59 Å². The number of carbonyl (C=O) groups excluding carboxylic acids is 2. The summed E-state index contributed by atoms with van der Waals surface area (Å²) in [5, 5.41) is 2.05. The summed E-state index contributed by atoms with van der Waals surface area (Å²) in [6, 6.07) is 11.6. The molecule has 0 saturated carbocycles. The molecule has 25 heavy (non-hydrogen) atoms. The van der Waals surface area contributed by atoms with Crippen molar-refractivity contribution in [2.45, 2.75) is 45.8 Å². The molecule has 2 rings (SSSR count). The van der Waals surface area contributed by atoms with E-state index < -0.39 is 18.2 Å². The van der Waals surface area contributed by atoms with Crippen LogP contribution >= 0.6 is 0 Å². The van der Waals surface area contributed by atoms with Gasteiger partial charge in [-0.15, -0.1) is 0 Å². The van der Waals surface area contributed by atoms with Gasteiger partial charge in [-0.1, -0.05) is 31.2 Å². The number of fused-ring (bicyclic) bond motifs is 1. The molecule has 0 aliphatic heterocycles. The summed E-state index contributed by atoms with van der Waals surface area (Å²) < 4.78 is 15.5. The van der Waals surface area contributed by atoms with Crippen molar-refractivity contribution in [2.75, 3.05) is 7.11 Å². The zero-order valence-electron chi connectivity index (χ0n) is 15.1. The molecule has 0 aliphatic carbocycles. The Hall–Kier alpha value is -2.56. The van der Waals surface area contributed by atoms with E-state index >= 15 is 0 Å². The van der Waals surface area contributed by atoms with Crippen LogP contribution < -0.4 is 4.74 Å². The topological polar surface area (TPSA) is 61.8 Å². The molecule has 5 heteroatoms. The van der Waals surface area contributed by atoms with Gasteiger partial charge in [-0.3, -0.25) is 9.59 Å². The lowest BCUT2D eigenvalue weighted by Crippen LogP contribution is -2.24. The SMILES string of the molecule is CCCC(=O)OC(C)OC(=O)C(C)c1ccc2cc(OC)ccc2c1. The molecule has 0 bridgehead atoms. The van der Waals surface area contributed by atoms with Gasteiger partial charge in [0.05, 0.1) is 13.0 Å². The van der Waals surface area contributed by atoms with Crippen LogP contribution in [0.2, 0.25) is 0 Å². The van der Waals surface area contributed by atoms with Crippen molar-refractivity contribution in [3.63, 3.8) is 0 Å². The molecule has 0 amide bonds. The Bertz CT molecular complexity index is 753. The maximum atomic E-state index is 12.3. The second-order valence-electron chi connectivity index (χ2n) is 5.94. The molecule has 2 aromatic carbocycles. The van der Waals surface area contributed by atoms with Crippen molar-refractivity contribution in [3.05, 3.63) is 42.0 Å². The lowest BCUT2D eigenvalue weighted by atomic mass is 9.98. The van der Waals surface area contributed by atoms with Crippen LogP contribution in [-0.4, -0.2) is 25.3 Å². The minimum atomic E-state index is -0.890. The Balaban J connectivity index is 2.06. The van der Waals surface area contributed by atoms with Crippen molar-refractivity contribution in [3.8, 4) is 5.75 Å². The number of methoxy groups -OCH3 is 1. The molecular weight excluding hydrogens is 320 g/mol. The fraction of sp³-hybridized carbons (Fsp3) is 0.400. The molecule has 0 radical (unpaired) electrons. The van der Waals surface area contributed by atoms with E-state index in [-0.39, 0.29) is 5.97 Å². The smallest absolute Gasteiger partial charge is 0.316 e. The molecule has 134 valence electrons. The Morgan fingerprint density at radius 3 is 2.36 bits per heavy atom. The van der Waals surface area contributed by atoms with Crippen molar-refractivity contribution >= 4 is 22.7 Å². The summed E-state index contributed by atoms with van der Waals surface area (Å²) in [6.07, 6.45) is 0.113. The fourth-order valence-corrected chi connectivity index (χ4v) is 2.51. The van der Waals surface area contributed by atoms with Crippen LogP contribution in [0.15, 0.2) is 36.4 Å². The summed E-state index contributed by atoms with van der Waals surface area (Å²) in [6.45, 7) is 5.20. The first-order valence-corrected chi connectivity index (χ1v) is 8.42. The van der Waals surface area contributed by atoms with E-state index in [0.29, 0.717) is 12.8 Å². The van der Waals surface area contributed by atoms with Gasteiger partial charge in [0, 0.05) is 13.3 Å². The Labute approximate surface area is 147 Å². The highest BCUT2D eigenvalue weighted by Crippen LogP contribution is 2.26. The Kier molecular flexibility index (Phi) is 6.39. The van der Waals surface area contributed by atoms with E-state index in [2.05, 4.69) is 0 Å². The van der Waals surface area contributed by atoms with Gasteiger partial charge >= 0.3 is 11.9 Å². The van der Waals surface area contributed by atoms with Crippen LogP contribution in [0.5, 0.6) is 5.75 Å². The van der Waals surface area contributed by atoms with Gasteiger partial charge in [0.25, 0.3) is 0 Å². The van der Waals surface area contributed by atoms with Crippen LogP contribution in [0.3, 0.4) is 0 Å². The summed E-state index contributed by atoms with van der Waals surface area (Å²) in [5.41, 5.74) is 0.842. The summed E-state index contributed by atoms with van der Waals surface area (Å²) >= 11 is 0. The first-order chi connectivity index (χ1) is 11.9. The largest absolute Gasteiger partial charge is 0.497 e. The summed E-state index contributed by atoms with van der Waals surface area (Å²) in [5.74, 6) is -0.464. The number of benzene rings is 2. The molecule has 2 aromatic rings. The van der Waals surface area contributed by atoms with Crippen LogP contribution in [0.25, 0.3) is 10.8 Å². The fourth-order valence-electron chi connectivity index (χ4n) is 2.51. The van der Waals surface area contributed by atoms with Crippen molar-refractivity contribution in [1.29, 1.82) is 0 Å².